The molecule has 1 aliphatic rings. The highest BCUT2D eigenvalue weighted by Crippen LogP contribution is 2.26. The molecule has 0 aliphatic heterocycles. The summed E-state index contributed by atoms with van der Waals surface area (Å²) in [6.07, 6.45) is 3.08. The molecule has 2 N–H and O–H groups in total. The number of ether oxygens (including phenoxy) is 1. The number of hydrogen-bond donors (Lipinski definition) is 2. The van der Waals surface area contributed by atoms with Gasteiger partial charge in [0.15, 0.2) is 0 Å². The van der Waals surface area contributed by atoms with Crippen LogP contribution in [0.1, 0.15) is 51.3 Å². The Balaban J connectivity index is 2.00. The molecule has 0 radical (unpaired) electrons. The number of rotatable bonds is 8. The summed E-state index contributed by atoms with van der Waals surface area (Å²) in [7, 11) is 0. The zero-order chi connectivity index (χ0) is 16.1. The van der Waals surface area contributed by atoms with E-state index in [4.69, 9.17) is 4.74 Å². The predicted octanol–water partition coefficient (Wildman–Crippen LogP) is 2.50. The van der Waals surface area contributed by atoms with E-state index >= 15 is 0 Å². The minimum Gasteiger partial charge on any atom is -0.478 e. The standard InChI is InChI=1S/C17H31N3O2/c1-5-22-17-15(13(4)19-20(17)11-12(2)3)10-18-9-14-7-6-8-16(14)21/h12,14,16,18,21H,5-11H2,1-4H3. The molecule has 0 spiro atoms. The Bertz CT molecular complexity index is 471. The van der Waals surface area contributed by atoms with E-state index in [1.807, 2.05) is 18.5 Å². The van der Waals surface area contributed by atoms with Gasteiger partial charge >= 0.3 is 0 Å². The smallest absolute Gasteiger partial charge is 0.216 e. The molecule has 2 atom stereocenters. The third-order valence-electron chi connectivity index (χ3n) is 4.35. The largest absolute Gasteiger partial charge is 0.478 e. The monoisotopic (exact) mass is 309 g/mol. The summed E-state index contributed by atoms with van der Waals surface area (Å²) in [6, 6.07) is 0. The number of aromatic nitrogens is 2. The number of aryl methyl sites for hydroxylation is 1. The summed E-state index contributed by atoms with van der Waals surface area (Å²) < 4.78 is 7.84. The second kappa shape index (κ2) is 7.97. The van der Waals surface area contributed by atoms with Crippen molar-refractivity contribution in [1.82, 2.24) is 15.1 Å². The van der Waals surface area contributed by atoms with Gasteiger partial charge in [-0.25, -0.2) is 4.68 Å². The summed E-state index contributed by atoms with van der Waals surface area (Å²) in [4.78, 5) is 0. The predicted molar refractivity (Wildman–Crippen MR) is 88.0 cm³/mol. The molecular weight excluding hydrogens is 278 g/mol. The number of aliphatic hydroxyl groups is 1. The fourth-order valence-corrected chi connectivity index (χ4v) is 3.21. The first-order valence-corrected chi connectivity index (χ1v) is 8.60. The van der Waals surface area contributed by atoms with Crippen molar-refractivity contribution < 1.29 is 9.84 Å². The van der Waals surface area contributed by atoms with Crippen LogP contribution in [0.4, 0.5) is 0 Å². The first-order chi connectivity index (χ1) is 10.5. The van der Waals surface area contributed by atoms with Crippen molar-refractivity contribution in [3.8, 4) is 5.88 Å². The average molecular weight is 309 g/mol. The molecule has 2 unspecified atom stereocenters. The minimum atomic E-state index is -0.136. The SMILES string of the molecule is CCOc1c(CNCC2CCCC2O)c(C)nn1CC(C)C. The highest BCUT2D eigenvalue weighted by molar-refractivity contribution is 5.31. The molecule has 1 heterocycles. The quantitative estimate of drug-likeness (QED) is 0.774. The molecule has 5 heteroatoms. The zero-order valence-corrected chi connectivity index (χ0v) is 14.4. The van der Waals surface area contributed by atoms with Gasteiger partial charge in [-0.15, -0.1) is 0 Å². The van der Waals surface area contributed by atoms with Gasteiger partial charge in [-0.2, -0.15) is 5.10 Å². The molecule has 1 aromatic heterocycles. The van der Waals surface area contributed by atoms with Crippen LogP contribution in [0.25, 0.3) is 0 Å². The fourth-order valence-electron chi connectivity index (χ4n) is 3.21. The maximum Gasteiger partial charge on any atom is 0.216 e. The lowest BCUT2D eigenvalue weighted by Crippen LogP contribution is -2.27. The molecule has 126 valence electrons. The number of aliphatic hydroxyl groups excluding tert-OH is 1. The summed E-state index contributed by atoms with van der Waals surface area (Å²) in [5.74, 6) is 1.82. The molecule has 2 rings (SSSR count). The summed E-state index contributed by atoms with van der Waals surface area (Å²) >= 11 is 0. The van der Waals surface area contributed by atoms with Crippen LogP contribution in [0.3, 0.4) is 0 Å². The molecule has 0 aromatic carbocycles. The van der Waals surface area contributed by atoms with Gasteiger partial charge in [-0.3, -0.25) is 0 Å². The van der Waals surface area contributed by atoms with Crippen molar-refractivity contribution in [1.29, 1.82) is 0 Å². The molecule has 0 bridgehead atoms. The van der Waals surface area contributed by atoms with Crippen LogP contribution in [0.2, 0.25) is 0 Å². The molecule has 1 aliphatic carbocycles. The lowest BCUT2D eigenvalue weighted by molar-refractivity contribution is 0.131. The topological polar surface area (TPSA) is 59.3 Å². The van der Waals surface area contributed by atoms with Crippen LogP contribution in [0.15, 0.2) is 0 Å². The van der Waals surface area contributed by atoms with Crippen LogP contribution in [-0.4, -0.2) is 34.1 Å². The first-order valence-electron chi connectivity index (χ1n) is 8.60. The van der Waals surface area contributed by atoms with Crippen molar-refractivity contribution in [3.05, 3.63) is 11.3 Å². The highest BCUT2D eigenvalue weighted by atomic mass is 16.5. The van der Waals surface area contributed by atoms with Crippen LogP contribution in [0.5, 0.6) is 5.88 Å². The normalized spacial score (nSPS) is 21.7. The van der Waals surface area contributed by atoms with Crippen molar-refractivity contribution >= 4 is 0 Å². The summed E-state index contributed by atoms with van der Waals surface area (Å²) in [6.45, 7) is 11.6. The first kappa shape index (κ1) is 17.3. The molecule has 0 saturated heterocycles. The summed E-state index contributed by atoms with van der Waals surface area (Å²) in [5.41, 5.74) is 2.18. The highest BCUT2D eigenvalue weighted by Gasteiger charge is 2.25. The van der Waals surface area contributed by atoms with Crippen LogP contribution in [-0.2, 0) is 13.1 Å². The molecule has 5 nitrogen and oxygen atoms in total. The average Bonchev–Trinajstić information content (AvgIpc) is 2.97. The molecule has 1 fully saturated rings. The molecule has 22 heavy (non-hydrogen) atoms. The van der Waals surface area contributed by atoms with Gasteiger partial charge < -0.3 is 15.2 Å². The molecular formula is C17H31N3O2. The van der Waals surface area contributed by atoms with Crippen LogP contribution in [0, 0.1) is 18.8 Å². The lowest BCUT2D eigenvalue weighted by atomic mass is 10.1. The number of nitrogens with zero attached hydrogens (tertiary/aromatic N) is 2. The second-order valence-electron chi connectivity index (χ2n) is 6.77. The van der Waals surface area contributed by atoms with Gasteiger partial charge in [0, 0.05) is 19.6 Å². The number of nitrogens with one attached hydrogen (secondary N) is 1. The maximum absolute atomic E-state index is 9.90. The van der Waals surface area contributed by atoms with E-state index < -0.39 is 0 Å². The van der Waals surface area contributed by atoms with E-state index in [1.165, 1.54) is 0 Å². The Morgan fingerprint density at radius 3 is 2.77 bits per heavy atom. The van der Waals surface area contributed by atoms with Crippen molar-refractivity contribution in [2.45, 2.75) is 66.2 Å². The molecule has 1 saturated carbocycles. The van der Waals surface area contributed by atoms with E-state index in [-0.39, 0.29) is 6.10 Å². The second-order valence-corrected chi connectivity index (χ2v) is 6.77. The van der Waals surface area contributed by atoms with Crippen molar-refractivity contribution in [2.75, 3.05) is 13.2 Å². The van der Waals surface area contributed by atoms with E-state index in [1.54, 1.807) is 0 Å². The third kappa shape index (κ3) is 4.23. The van der Waals surface area contributed by atoms with Crippen LogP contribution < -0.4 is 10.1 Å². The van der Waals surface area contributed by atoms with Gasteiger partial charge in [0.2, 0.25) is 5.88 Å². The zero-order valence-electron chi connectivity index (χ0n) is 14.4. The Labute approximate surface area is 134 Å². The fraction of sp³-hybridized carbons (Fsp3) is 0.824. The van der Waals surface area contributed by atoms with Crippen LogP contribution >= 0.6 is 0 Å². The van der Waals surface area contributed by atoms with E-state index in [0.717, 1.165) is 56.0 Å². The van der Waals surface area contributed by atoms with Gasteiger partial charge in [0.05, 0.1) is 24.0 Å². The number of hydrogen-bond acceptors (Lipinski definition) is 4. The van der Waals surface area contributed by atoms with Gasteiger partial charge in [-0.05, 0) is 38.5 Å². The minimum absolute atomic E-state index is 0.136. The Kier molecular flexibility index (Phi) is 6.26. The molecule has 1 aromatic rings. The van der Waals surface area contributed by atoms with Gasteiger partial charge in [-0.1, -0.05) is 20.3 Å². The van der Waals surface area contributed by atoms with Gasteiger partial charge in [0.25, 0.3) is 0 Å². The van der Waals surface area contributed by atoms with E-state index in [0.29, 0.717) is 18.4 Å². The summed E-state index contributed by atoms with van der Waals surface area (Å²) in [5, 5.41) is 18.0. The maximum atomic E-state index is 9.90. The Morgan fingerprint density at radius 1 is 1.41 bits per heavy atom. The van der Waals surface area contributed by atoms with Gasteiger partial charge in [0.1, 0.15) is 0 Å². The van der Waals surface area contributed by atoms with E-state index in [2.05, 4.69) is 24.3 Å². The third-order valence-corrected chi connectivity index (χ3v) is 4.35. The van der Waals surface area contributed by atoms with Crippen molar-refractivity contribution in [3.63, 3.8) is 0 Å². The Morgan fingerprint density at radius 2 is 2.18 bits per heavy atom. The van der Waals surface area contributed by atoms with E-state index in [9.17, 15) is 5.11 Å². The molecule has 0 amide bonds. The van der Waals surface area contributed by atoms with Crippen molar-refractivity contribution in [2.24, 2.45) is 11.8 Å². The Hall–Kier alpha value is -1.07. The lowest BCUT2D eigenvalue weighted by Gasteiger charge is -2.16.